The lowest BCUT2D eigenvalue weighted by Gasteiger charge is -2.28. The monoisotopic (exact) mass is 262 g/mol. The van der Waals surface area contributed by atoms with E-state index >= 15 is 0 Å². The molecule has 0 aromatic carbocycles. The molecule has 6 nitrogen and oxygen atoms in total. The van der Waals surface area contributed by atoms with E-state index in [4.69, 9.17) is 0 Å². The van der Waals surface area contributed by atoms with Crippen LogP contribution in [0.2, 0.25) is 0 Å². The predicted octanol–water partition coefficient (Wildman–Crippen LogP) is 0.962. The van der Waals surface area contributed by atoms with Gasteiger partial charge in [-0.05, 0) is 32.9 Å². The number of nitrogens with zero attached hydrogens (tertiary/aromatic N) is 4. The maximum Gasteiger partial charge on any atom is 0.255 e. The van der Waals surface area contributed by atoms with Crippen molar-refractivity contribution < 1.29 is 9.90 Å². The van der Waals surface area contributed by atoms with Crippen molar-refractivity contribution >= 4 is 11.6 Å². The molecule has 0 saturated heterocycles. The Morgan fingerprint density at radius 3 is 2.84 bits per heavy atom. The fraction of sp³-hybridized carbons (Fsp3) is 0.462. The molecule has 0 spiro atoms. The van der Waals surface area contributed by atoms with E-state index in [-0.39, 0.29) is 5.91 Å². The molecule has 6 heteroatoms. The van der Waals surface area contributed by atoms with E-state index < -0.39 is 5.60 Å². The van der Waals surface area contributed by atoms with Gasteiger partial charge >= 0.3 is 0 Å². The Morgan fingerprint density at radius 1 is 1.47 bits per heavy atom. The summed E-state index contributed by atoms with van der Waals surface area (Å²) in [4.78, 5) is 14.0. The van der Waals surface area contributed by atoms with Crippen LogP contribution in [-0.4, -0.2) is 49.2 Å². The minimum atomic E-state index is -0.910. The average molecular weight is 262 g/mol. The molecular formula is C13H18N4O2. The fourth-order valence-electron chi connectivity index (χ4n) is 1.93. The topological polar surface area (TPSA) is 70.7 Å². The second-order valence-corrected chi connectivity index (χ2v) is 5.15. The van der Waals surface area contributed by atoms with Crippen LogP contribution in [-0.2, 0) is 0 Å². The summed E-state index contributed by atoms with van der Waals surface area (Å²) in [6.07, 6.45) is 3.25. The largest absolute Gasteiger partial charge is 0.389 e. The van der Waals surface area contributed by atoms with E-state index in [9.17, 15) is 9.90 Å². The van der Waals surface area contributed by atoms with Crippen molar-refractivity contribution in [2.24, 2.45) is 0 Å². The zero-order chi connectivity index (χ0) is 14.0. The van der Waals surface area contributed by atoms with Crippen LogP contribution in [0.1, 0.15) is 31.1 Å². The maximum atomic E-state index is 12.4. The lowest BCUT2D eigenvalue weighted by molar-refractivity contribution is 0.0314. The number of carbonyl (C=O) groups excluding carboxylic acids is 1. The fourth-order valence-corrected chi connectivity index (χ4v) is 1.93. The van der Waals surface area contributed by atoms with Gasteiger partial charge in [0, 0.05) is 19.3 Å². The number of likely N-dealkylation sites (N-methyl/N-ethyl adjacent to an activating group) is 1. The average Bonchev–Trinajstić information content (AvgIpc) is 2.81. The summed E-state index contributed by atoms with van der Waals surface area (Å²) in [6, 6.07) is 3.47. The van der Waals surface area contributed by atoms with Crippen molar-refractivity contribution in [3.63, 3.8) is 0 Å². The van der Waals surface area contributed by atoms with Crippen molar-refractivity contribution in [1.29, 1.82) is 0 Å². The highest BCUT2D eigenvalue weighted by molar-refractivity contribution is 5.94. The lowest BCUT2D eigenvalue weighted by atomic mass is 10.1. The molecule has 0 saturated carbocycles. The Morgan fingerprint density at radius 2 is 2.21 bits per heavy atom. The Hall–Kier alpha value is -1.95. The first-order valence-corrected chi connectivity index (χ1v) is 6.22. The van der Waals surface area contributed by atoms with Gasteiger partial charge in [-0.15, -0.1) is 10.2 Å². The highest BCUT2D eigenvalue weighted by Gasteiger charge is 2.22. The van der Waals surface area contributed by atoms with Crippen LogP contribution in [0.3, 0.4) is 0 Å². The first kappa shape index (κ1) is 13.5. The number of amides is 1. The summed E-state index contributed by atoms with van der Waals surface area (Å²) >= 11 is 0. The Labute approximate surface area is 111 Å². The van der Waals surface area contributed by atoms with E-state index in [0.29, 0.717) is 24.3 Å². The third-order valence-electron chi connectivity index (χ3n) is 2.78. The molecule has 0 aliphatic heterocycles. The highest BCUT2D eigenvalue weighted by atomic mass is 16.3. The molecule has 2 aromatic rings. The van der Waals surface area contributed by atoms with Crippen LogP contribution >= 0.6 is 0 Å². The van der Waals surface area contributed by atoms with Gasteiger partial charge in [-0.2, -0.15) is 0 Å². The predicted molar refractivity (Wildman–Crippen MR) is 70.9 cm³/mol. The van der Waals surface area contributed by atoms with Gasteiger partial charge in [0.2, 0.25) is 0 Å². The summed E-state index contributed by atoms with van der Waals surface area (Å²) < 4.78 is 1.70. The molecule has 0 atom stereocenters. The zero-order valence-electron chi connectivity index (χ0n) is 11.4. The van der Waals surface area contributed by atoms with Crippen molar-refractivity contribution in [2.45, 2.75) is 26.4 Å². The normalized spacial score (nSPS) is 11.8. The standard InChI is InChI=1S/C13H18N4O2/c1-4-16(8-13(2,3)19)12(18)10-5-6-11-15-14-9-17(11)7-10/h5-7,9,19H,4,8H2,1-3H3. The van der Waals surface area contributed by atoms with E-state index in [1.54, 1.807) is 47.8 Å². The number of pyridine rings is 1. The van der Waals surface area contributed by atoms with Crippen molar-refractivity contribution in [3.05, 3.63) is 30.2 Å². The van der Waals surface area contributed by atoms with Gasteiger partial charge in [0.05, 0.1) is 11.2 Å². The number of aliphatic hydroxyl groups is 1. The maximum absolute atomic E-state index is 12.4. The van der Waals surface area contributed by atoms with E-state index in [1.807, 2.05) is 6.92 Å². The number of hydrogen-bond acceptors (Lipinski definition) is 4. The smallest absolute Gasteiger partial charge is 0.255 e. The molecule has 102 valence electrons. The second-order valence-electron chi connectivity index (χ2n) is 5.15. The van der Waals surface area contributed by atoms with E-state index in [2.05, 4.69) is 10.2 Å². The van der Waals surface area contributed by atoms with Crippen LogP contribution in [0.5, 0.6) is 0 Å². The van der Waals surface area contributed by atoms with Gasteiger partial charge in [0.25, 0.3) is 5.91 Å². The number of hydrogen-bond donors (Lipinski definition) is 1. The van der Waals surface area contributed by atoms with Crippen LogP contribution in [0.4, 0.5) is 0 Å². The van der Waals surface area contributed by atoms with Crippen molar-refractivity contribution in [2.75, 3.05) is 13.1 Å². The SMILES string of the molecule is CCN(CC(C)(C)O)C(=O)c1ccc2nncn2c1. The number of aromatic nitrogens is 3. The Bertz CT molecular complexity index is 586. The molecule has 0 unspecified atom stereocenters. The number of rotatable bonds is 4. The summed E-state index contributed by atoms with van der Waals surface area (Å²) in [6.45, 7) is 6.10. The summed E-state index contributed by atoms with van der Waals surface area (Å²) in [5.74, 6) is -0.111. The zero-order valence-corrected chi connectivity index (χ0v) is 11.4. The molecular weight excluding hydrogens is 244 g/mol. The van der Waals surface area contributed by atoms with Gasteiger partial charge in [-0.25, -0.2) is 0 Å². The molecule has 0 radical (unpaired) electrons. The molecule has 0 bridgehead atoms. The molecule has 1 N–H and O–H groups in total. The van der Waals surface area contributed by atoms with Crippen LogP contribution in [0.15, 0.2) is 24.7 Å². The highest BCUT2D eigenvalue weighted by Crippen LogP contribution is 2.11. The Kier molecular flexibility index (Phi) is 3.53. The lowest BCUT2D eigenvalue weighted by Crippen LogP contribution is -2.42. The van der Waals surface area contributed by atoms with Gasteiger partial charge in [-0.1, -0.05) is 0 Å². The minimum absolute atomic E-state index is 0.111. The molecule has 2 aromatic heterocycles. The third-order valence-corrected chi connectivity index (χ3v) is 2.78. The quantitative estimate of drug-likeness (QED) is 0.891. The van der Waals surface area contributed by atoms with Crippen LogP contribution in [0, 0.1) is 0 Å². The van der Waals surface area contributed by atoms with Gasteiger partial charge < -0.3 is 10.0 Å². The first-order chi connectivity index (χ1) is 8.90. The van der Waals surface area contributed by atoms with Gasteiger partial charge in [-0.3, -0.25) is 9.20 Å². The molecule has 0 aliphatic carbocycles. The minimum Gasteiger partial charge on any atom is -0.389 e. The van der Waals surface area contributed by atoms with E-state index in [0.717, 1.165) is 0 Å². The second kappa shape index (κ2) is 4.97. The van der Waals surface area contributed by atoms with Gasteiger partial charge in [0.1, 0.15) is 6.33 Å². The Balaban J connectivity index is 2.25. The molecule has 1 amide bonds. The molecule has 2 rings (SSSR count). The van der Waals surface area contributed by atoms with Crippen molar-refractivity contribution in [3.8, 4) is 0 Å². The molecule has 19 heavy (non-hydrogen) atoms. The molecule has 0 aliphatic rings. The summed E-state index contributed by atoms with van der Waals surface area (Å²) in [5, 5.41) is 17.5. The first-order valence-electron chi connectivity index (χ1n) is 6.22. The molecule has 0 fully saturated rings. The third kappa shape index (κ3) is 3.08. The summed E-state index contributed by atoms with van der Waals surface area (Å²) in [7, 11) is 0. The number of fused-ring (bicyclic) bond motifs is 1. The van der Waals surface area contributed by atoms with Crippen molar-refractivity contribution in [1.82, 2.24) is 19.5 Å². The van der Waals surface area contributed by atoms with E-state index in [1.165, 1.54) is 0 Å². The summed E-state index contributed by atoms with van der Waals surface area (Å²) in [5.41, 5.74) is 0.340. The van der Waals surface area contributed by atoms with Crippen LogP contribution < -0.4 is 0 Å². The van der Waals surface area contributed by atoms with Gasteiger partial charge in [0.15, 0.2) is 5.65 Å². The molecule has 2 heterocycles. The van der Waals surface area contributed by atoms with Crippen LogP contribution in [0.25, 0.3) is 5.65 Å². The number of carbonyl (C=O) groups is 1.